The van der Waals surface area contributed by atoms with Gasteiger partial charge in [-0.2, -0.15) is 0 Å². The van der Waals surface area contributed by atoms with Crippen molar-refractivity contribution >= 4 is 0 Å². The highest BCUT2D eigenvalue weighted by Crippen LogP contribution is 2.14. The van der Waals surface area contributed by atoms with E-state index in [2.05, 4.69) is 19.2 Å². The number of hydrogen-bond acceptors (Lipinski definition) is 2. The van der Waals surface area contributed by atoms with Gasteiger partial charge >= 0.3 is 0 Å². The standard InChI is InChI=1S/C8H17NO/c1-6(2)8-5-7(10)3-4-9-8/h6-10H,3-5H2,1-2H3/t7-,8-/m1/s1. The number of hydrogen-bond donors (Lipinski definition) is 2. The number of aliphatic hydroxyl groups excluding tert-OH is 1. The van der Waals surface area contributed by atoms with Crippen LogP contribution in [0.3, 0.4) is 0 Å². The summed E-state index contributed by atoms with van der Waals surface area (Å²) in [4.78, 5) is 0. The quantitative estimate of drug-likeness (QED) is 0.568. The second-order valence-corrected chi connectivity index (χ2v) is 3.48. The Balaban J connectivity index is 2.32. The van der Waals surface area contributed by atoms with E-state index in [0.29, 0.717) is 12.0 Å². The Morgan fingerprint density at radius 2 is 2.20 bits per heavy atom. The Hall–Kier alpha value is -0.0800. The maximum absolute atomic E-state index is 9.29. The molecule has 0 amide bonds. The monoisotopic (exact) mass is 143 g/mol. The van der Waals surface area contributed by atoms with E-state index in [1.807, 2.05) is 0 Å². The van der Waals surface area contributed by atoms with Crippen LogP contribution in [0.25, 0.3) is 0 Å². The van der Waals surface area contributed by atoms with Gasteiger partial charge in [-0.3, -0.25) is 0 Å². The van der Waals surface area contributed by atoms with Crippen molar-refractivity contribution in [1.29, 1.82) is 0 Å². The maximum Gasteiger partial charge on any atom is 0.0567 e. The van der Waals surface area contributed by atoms with Crippen LogP contribution in [0.1, 0.15) is 26.7 Å². The highest BCUT2D eigenvalue weighted by Gasteiger charge is 2.21. The molecule has 10 heavy (non-hydrogen) atoms. The molecule has 0 aromatic rings. The summed E-state index contributed by atoms with van der Waals surface area (Å²) in [6, 6.07) is 0.531. The van der Waals surface area contributed by atoms with E-state index in [4.69, 9.17) is 0 Å². The lowest BCUT2D eigenvalue weighted by Gasteiger charge is -2.29. The summed E-state index contributed by atoms with van der Waals surface area (Å²) in [5.41, 5.74) is 0. The van der Waals surface area contributed by atoms with Gasteiger partial charge in [0.15, 0.2) is 0 Å². The summed E-state index contributed by atoms with van der Waals surface area (Å²) in [6.07, 6.45) is 1.79. The summed E-state index contributed by atoms with van der Waals surface area (Å²) < 4.78 is 0. The minimum Gasteiger partial charge on any atom is -0.393 e. The molecule has 2 heteroatoms. The fourth-order valence-corrected chi connectivity index (χ4v) is 1.44. The van der Waals surface area contributed by atoms with Gasteiger partial charge in [0.05, 0.1) is 6.10 Å². The van der Waals surface area contributed by atoms with E-state index in [9.17, 15) is 5.11 Å². The molecule has 1 rings (SSSR count). The first-order chi connectivity index (χ1) is 4.70. The van der Waals surface area contributed by atoms with Crippen molar-refractivity contribution in [1.82, 2.24) is 5.32 Å². The zero-order chi connectivity index (χ0) is 7.56. The Kier molecular flexibility index (Phi) is 2.69. The first kappa shape index (κ1) is 8.02. The van der Waals surface area contributed by atoms with Gasteiger partial charge in [-0.15, -0.1) is 0 Å². The topological polar surface area (TPSA) is 32.3 Å². The van der Waals surface area contributed by atoms with E-state index in [1.165, 1.54) is 0 Å². The second kappa shape index (κ2) is 3.35. The molecule has 0 spiro atoms. The molecule has 1 saturated heterocycles. The smallest absolute Gasteiger partial charge is 0.0567 e. The molecule has 1 aliphatic heterocycles. The number of rotatable bonds is 1. The van der Waals surface area contributed by atoms with E-state index >= 15 is 0 Å². The molecular weight excluding hydrogens is 126 g/mol. The van der Waals surface area contributed by atoms with E-state index in [-0.39, 0.29) is 6.10 Å². The molecule has 2 N–H and O–H groups in total. The third-order valence-electron chi connectivity index (χ3n) is 2.21. The van der Waals surface area contributed by atoms with Gasteiger partial charge in [0.25, 0.3) is 0 Å². The third kappa shape index (κ3) is 1.96. The Morgan fingerprint density at radius 3 is 2.60 bits per heavy atom. The normalized spacial score (nSPS) is 34.8. The lowest BCUT2D eigenvalue weighted by Crippen LogP contribution is -2.43. The summed E-state index contributed by atoms with van der Waals surface area (Å²) in [7, 11) is 0. The lowest BCUT2D eigenvalue weighted by molar-refractivity contribution is 0.105. The first-order valence-electron chi connectivity index (χ1n) is 4.11. The average molecular weight is 143 g/mol. The lowest BCUT2D eigenvalue weighted by atomic mass is 9.93. The zero-order valence-corrected chi connectivity index (χ0v) is 6.80. The van der Waals surface area contributed by atoms with Crippen molar-refractivity contribution in [3.05, 3.63) is 0 Å². The van der Waals surface area contributed by atoms with Crippen molar-refractivity contribution in [2.24, 2.45) is 5.92 Å². The van der Waals surface area contributed by atoms with Crippen LogP contribution in [-0.4, -0.2) is 23.8 Å². The molecule has 2 atom stereocenters. The van der Waals surface area contributed by atoms with Crippen LogP contribution >= 0.6 is 0 Å². The van der Waals surface area contributed by atoms with Crippen LogP contribution in [0.5, 0.6) is 0 Å². The van der Waals surface area contributed by atoms with Gasteiger partial charge in [-0.1, -0.05) is 13.8 Å². The van der Waals surface area contributed by atoms with Crippen molar-refractivity contribution < 1.29 is 5.11 Å². The van der Waals surface area contributed by atoms with Gasteiger partial charge in [-0.25, -0.2) is 0 Å². The fraction of sp³-hybridized carbons (Fsp3) is 1.00. The van der Waals surface area contributed by atoms with Crippen LogP contribution in [0.15, 0.2) is 0 Å². The van der Waals surface area contributed by atoms with Crippen LogP contribution in [0.4, 0.5) is 0 Å². The number of piperidine rings is 1. The van der Waals surface area contributed by atoms with Crippen molar-refractivity contribution in [2.75, 3.05) is 6.54 Å². The van der Waals surface area contributed by atoms with Gasteiger partial charge in [0.2, 0.25) is 0 Å². The second-order valence-electron chi connectivity index (χ2n) is 3.48. The Labute approximate surface area is 62.6 Å². The van der Waals surface area contributed by atoms with Crippen LogP contribution in [-0.2, 0) is 0 Å². The highest BCUT2D eigenvalue weighted by atomic mass is 16.3. The molecule has 0 saturated carbocycles. The number of aliphatic hydroxyl groups is 1. The number of nitrogens with one attached hydrogen (secondary N) is 1. The molecule has 0 radical (unpaired) electrons. The largest absolute Gasteiger partial charge is 0.393 e. The molecule has 60 valence electrons. The summed E-state index contributed by atoms with van der Waals surface area (Å²) in [5.74, 6) is 0.648. The average Bonchev–Trinajstić information content (AvgIpc) is 1.88. The molecule has 0 unspecified atom stereocenters. The molecule has 0 aromatic carbocycles. The van der Waals surface area contributed by atoms with Crippen molar-refractivity contribution in [3.63, 3.8) is 0 Å². The molecule has 1 heterocycles. The van der Waals surface area contributed by atoms with E-state index < -0.39 is 0 Å². The SMILES string of the molecule is CC(C)[C@H]1C[C@H](O)CCN1. The molecule has 1 aliphatic rings. The molecule has 0 aliphatic carbocycles. The maximum atomic E-state index is 9.29. The first-order valence-corrected chi connectivity index (χ1v) is 4.11. The predicted molar refractivity (Wildman–Crippen MR) is 41.9 cm³/mol. The van der Waals surface area contributed by atoms with Gasteiger partial charge in [0, 0.05) is 6.04 Å². The van der Waals surface area contributed by atoms with Gasteiger partial charge in [-0.05, 0) is 25.3 Å². The summed E-state index contributed by atoms with van der Waals surface area (Å²) >= 11 is 0. The minimum absolute atomic E-state index is 0.0614. The molecule has 1 fully saturated rings. The van der Waals surface area contributed by atoms with Crippen molar-refractivity contribution in [2.45, 2.75) is 38.8 Å². The van der Waals surface area contributed by atoms with E-state index in [0.717, 1.165) is 19.4 Å². The Bertz CT molecular complexity index is 103. The third-order valence-corrected chi connectivity index (χ3v) is 2.21. The molecule has 0 bridgehead atoms. The van der Waals surface area contributed by atoms with Crippen LogP contribution in [0, 0.1) is 5.92 Å². The highest BCUT2D eigenvalue weighted by molar-refractivity contribution is 4.79. The summed E-state index contributed by atoms with van der Waals surface area (Å²) in [5, 5.41) is 12.7. The Morgan fingerprint density at radius 1 is 1.50 bits per heavy atom. The van der Waals surface area contributed by atoms with E-state index in [1.54, 1.807) is 0 Å². The van der Waals surface area contributed by atoms with Crippen molar-refractivity contribution in [3.8, 4) is 0 Å². The zero-order valence-electron chi connectivity index (χ0n) is 6.80. The molecule has 2 nitrogen and oxygen atoms in total. The minimum atomic E-state index is -0.0614. The molecule has 0 aromatic heterocycles. The predicted octanol–water partition coefficient (Wildman–Crippen LogP) is 0.755. The molecular formula is C8H17NO. The van der Waals surface area contributed by atoms with Gasteiger partial charge < -0.3 is 10.4 Å². The van der Waals surface area contributed by atoms with Gasteiger partial charge in [0.1, 0.15) is 0 Å². The van der Waals surface area contributed by atoms with Crippen LogP contribution < -0.4 is 5.32 Å². The fourth-order valence-electron chi connectivity index (χ4n) is 1.44. The summed E-state index contributed by atoms with van der Waals surface area (Å²) in [6.45, 7) is 5.36. The van der Waals surface area contributed by atoms with Crippen LogP contribution in [0.2, 0.25) is 0 Å².